The molecule has 0 atom stereocenters. The molecule has 0 radical (unpaired) electrons. The van der Waals surface area contributed by atoms with E-state index < -0.39 is 0 Å². The highest BCUT2D eigenvalue weighted by atomic mass is 16.8. The van der Waals surface area contributed by atoms with E-state index in [4.69, 9.17) is 10.7 Å². The van der Waals surface area contributed by atoms with E-state index in [0.29, 0.717) is 5.82 Å². The van der Waals surface area contributed by atoms with Gasteiger partial charge in [-0.15, -0.1) is 4.94 Å². The van der Waals surface area contributed by atoms with E-state index in [1.54, 1.807) is 12.4 Å². The van der Waals surface area contributed by atoms with Crippen LogP contribution in [0.2, 0.25) is 0 Å². The first kappa shape index (κ1) is 5.98. The van der Waals surface area contributed by atoms with E-state index in [1.165, 1.54) is 5.06 Å². The third-order valence-electron chi connectivity index (χ3n) is 1.13. The number of nitrogens with one attached hydrogen (secondary N) is 1. The number of aromatic nitrogens is 2. The quantitative estimate of drug-likeness (QED) is 0.558. The standard InChI is InChI=1S/C4H5N5O2/c5-3-4(8-10-7-3)9-2-1-6-11-9/h1-2,6H,(H2,5,7). The Kier molecular flexibility index (Phi) is 1.16. The van der Waals surface area contributed by atoms with E-state index in [9.17, 15) is 0 Å². The van der Waals surface area contributed by atoms with Crippen molar-refractivity contribution in [2.45, 2.75) is 0 Å². The highest BCUT2D eigenvalue weighted by molar-refractivity contribution is 5.56. The number of rotatable bonds is 1. The number of nitrogens with two attached hydrogens (primary N) is 1. The van der Waals surface area contributed by atoms with E-state index in [1.807, 2.05) is 0 Å². The number of hydrogen-bond donors (Lipinski definition) is 2. The fourth-order valence-corrected chi connectivity index (χ4v) is 0.673. The molecule has 0 saturated heterocycles. The Morgan fingerprint density at radius 1 is 1.55 bits per heavy atom. The molecule has 0 bridgehead atoms. The number of hydroxylamine groups is 2. The van der Waals surface area contributed by atoms with Crippen LogP contribution in [0.25, 0.3) is 0 Å². The van der Waals surface area contributed by atoms with Crippen molar-refractivity contribution in [3.05, 3.63) is 12.4 Å². The van der Waals surface area contributed by atoms with Crippen LogP contribution in [-0.2, 0) is 4.94 Å². The highest BCUT2D eigenvalue weighted by Crippen LogP contribution is 2.18. The molecule has 0 saturated carbocycles. The zero-order valence-electron chi connectivity index (χ0n) is 5.39. The normalized spacial score (nSPS) is 15.5. The maximum Gasteiger partial charge on any atom is 0.247 e. The summed E-state index contributed by atoms with van der Waals surface area (Å²) in [6.45, 7) is 0. The van der Waals surface area contributed by atoms with Gasteiger partial charge in [0.25, 0.3) is 0 Å². The summed E-state index contributed by atoms with van der Waals surface area (Å²) in [6.07, 6.45) is 3.17. The van der Waals surface area contributed by atoms with Crippen molar-refractivity contribution in [1.29, 1.82) is 0 Å². The molecule has 3 N–H and O–H groups in total. The molecule has 0 spiro atoms. The summed E-state index contributed by atoms with van der Waals surface area (Å²) in [5.41, 5.74) is 7.84. The molecule has 2 heterocycles. The van der Waals surface area contributed by atoms with Crippen LogP contribution in [0.1, 0.15) is 0 Å². The molecule has 7 nitrogen and oxygen atoms in total. The highest BCUT2D eigenvalue weighted by Gasteiger charge is 2.16. The van der Waals surface area contributed by atoms with Crippen LogP contribution in [0.15, 0.2) is 17.0 Å². The first-order chi connectivity index (χ1) is 5.38. The average Bonchev–Trinajstić information content (AvgIpc) is 2.55. The minimum absolute atomic E-state index is 0.179. The number of anilines is 2. The molecular weight excluding hydrogens is 150 g/mol. The Morgan fingerprint density at radius 3 is 3.00 bits per heavy atom. The molecule has 7 heteroatoms. The molecule has 1 aromatic heterocycles. The van der Waals surface area contributed by atoms with Crippen molar-refractivity contribution in [2.24, 2.45) is 0 Å². The molecule has 1 aromatic rings. The van der Waals surface area contributed by atoms with Gasteiger partial charge in [-0.3, -0.25) is 0 Å². The van der Waals surface area contributed by atoms with Crippen LogP contribution in [-0.4, -0.2) is 10.3 Å². The summed E-state index contributed by atoms with van der Waals surface area (Å²) in [4.78, 5) is 4.81. The van der Waals surface area contributed by atoms with Gasteiger partial charge >= 0.3 is 0 Å². The Balaban J connectivity index is 2.28. The van der Waals surface area contributed by atoms with Gasteiger partial charge in [0.1, 0.15) is 0 Å². The zero-order chi connectivity index (χ0) is 7.68. The average molecular weight is 155 g/mol. The lowest BCUT2D eigenvalue weighted by atomic mass is 10.6. The third-order valence-corrected chi connectivity index (χ3v) is 1.13. The maximum absolute atomic E-state index is 5.37. The Bertz CT molecular complexity index is 282. The second kappa shape index (κ2) is 2.13. The van der Waals surface area contributed by atoms with E-state index in [0.717, 1.165) is 0 Å². The minimum Gasteiger partial charge on any atom is -0.378 e. The monoisotopic (exact) mass is 155 g/mol. The van der Waals surface area contributed by atoms with Gasteiger partial charge in [0.05, 0.1) is 6.20 Å². The minimum atomic E-state index is 0.179. The second-order valence-corrected chi connectivity index (χ2v) is 1.82. The number of nitrogens with zero attached hydrogens (tertiary/aromatic N) is 3. The van der Waals surface area contributed by atoms with Crippen LogP contribution in [0.5, 0.6) is 0 Å². The smallest absolute Gasteiger partial charge is 0.247 e. The van der Waals surface area contributed by atoms with Gasteiger partial charge in [-0.25, -0.2) is 10.1 Å². The molecule has 1 aliphatic rings. The second-order valence-electron chi connectivity index (χ2n) is 1.82. The van der Waals surface area contributed by atoms with E-state index in [2.05, 4.69) is 20.4 Å². The summed E-state index contributed by atoms with van der Waals surface area (Å²) < 4.78 is 4.35. The van der Waals surface area contributed by atoms with Gasteiger partial charge in [0, 0.05) is 6.20 Å². The topological polar surface area (TPSA) is 89.4 Å². The van der Waals surface area contributed by atoms with Crippen LogP contribution < -0.4 is 16.3 Å². The maximum atomic E-state index is 5.37. The fourth-order valence-electron chi connectivity index (χ4n) is 0.673. The van der Waals surface area contributed by atoms with Crippen molar-refractivity contribution < 1.29 is 9.57 Å². The van der Waals surface area contributed by atoms with Gasteiger partial charge in [0.2, 0.25) is 11.6 Å². The largest absolute Gasteiger partial charge is 0.378 e. The summed E-state index contributed by atoms with van der Waals surface area (Å²) in [6, 6.07) is 0. The van der Waals surface area contributed by atoms with Crippen LogP contribution >= 0.6 is 0 Å². The molecule has 0 aliphatic carbocycles. The Hall–Kier alpha value is -1.76. The van der Waals surface area contributed by atoms with Crippen molar-refractivity contribution in [1.82, 2.24) is 15.8 Å². The SMILES string of the molecule is Nc1nonc1N1C=CNO1. The van der Waals surface area contributed by atoms with Crippen LogP contribution in [0.4, 0.5) is 11.6 Å². The van der Waals surface area contributed by atoms with Crippen molar-refractivity contribution in [3.63, 3.8) is 0 Å². The molecule has 1 aliphatic heterocycles. The number of hydrogen-bond acceptors (Lipinski definition) is 7. The molecular formula is C4H5N5O2. The lowest BCUT2D eigenvalue weighted by molar-refractivity contribution is 0.0862. The van der Waals surface area contributed by atoms with Gasteiger partial charge in [0.15, 0.2) is 0 Å². The molecule has 11 heavy (non-hydrogen) atoms. The zero-order valence-corrected chi connectivity index (χ0v) is 5.39. The van der Waals surface area contributed by atoms with Gasteiger partial charge in [-0.05, 0) is 10.3 Å². The summed E-state index contributed by atoms with van der Waals surface area (Å²) in [5, 5.41) is 8.16. The van der Waals surface area contributed by atoms with Gasteiger partial charge < -0.3 is 5.73 Å². The third kappa shape index (κ3) is 0.867. The molecule has 58 valence electrons. The van der Waals surface area contributed by atoms with Crippen molar-refractivity contribution in [3.8, 4) is 0 Å². The fraction of sp³-hybridized carbons (Fsp3) is 0. The predicted octanol–water partition coefficient (Wildman–Crippen LogP) is -0.621. The Morgan fingerprint density at radius 2 is 2.45 bits per heavy atom. The van der Waals surface area contributed by atoms with Crippen molar-refractivity contribution >= 4 is 11.6 Å². The molecule has 0 unspecified atom stereocenters. The summed E-state index contributed by atoms with van der Waals surface area (Å²) in [5.74, 6) is 0.504. The summed E-state index contributed by atoms with van der Waals surface area (Å²) in [7, 11) is 0. The molecule has 0 amide bonds. The van der Waals surface area contributed by atoms with Crippen LogP contribution in [0.3, 0.4) is 0 Å². The first-order valence-electron chi connectivity index (χ1n) is 2.84. The van der Waals surface area contributed by atoms with Crippen LogP contribution in [0, 0.1) is 0 Å². The molecule has 0 aromatic carbocycles. The van der Waals surface area contributed by atoms with Crippen molar-refractivity contribution in [2.75, 3.05) is 10.8 Å². The van der Waals surface area contributed by atoms with E-state index in [-0.39, 0.29) is 5.82 Å². The van der Waals surface area contributed by atoms with Gasteiger partial charge in [-0.2, -0.15) is 5.06 Å². The molecule has 2 rings (SSSR count). The summed E-state index contributed by atoms with van der Waals surface area (Å²) >= 11 is 0. The molecule has 0 fully saturated rings. The predicted molar refractivity (Wildman–Crippen MR) is 34.6 cm³/mol. The lowest BCUT2D eigenvalue weighted by Crippen LogP contribution is -2.17. The number of nitrogen functional groups attached to an aromatic ring is 1. The Labute approximate surface area is 61.3 Å². The lowest BCUT2D eigenvalue weighted by Gasteiger charge is -2.06. The first-order valence-corrected chi connectivity index (χ1v) is 2.84. The van der Waals surface area contributed by atoms with Gasteiger partial charge in [-0.1, -0.05) is 0 Å². The van der Waals surface area contributed by atoms with E-state index >= 15 is 0 Å².